The second kappa shape index (κ2) is 2.81. The smallest absolute Gasteiger partial charge is 0.322 e. The van der Waals surface area contributed by atoms with Gasteiger partial charge in [0.1, 0.15) is 6.04 Å². The molecule has 64 valence electrons. The van der Waals surface area contributed by atoms with Gasteiger partial charge in [-0.1, -0.05) is 13.8 Å². The number of carbonyl (C=O) groups is 1. The van der Waals surface area contributed by atoms with Gasteiger partial charge in [-0.15, -0.1) is 0 Å². The van der Waals surface area contributed by atoms with Crippen molar-refractivity contribution in [3.8, 4) is 0 Å². The lowest BCUT2D eigenvalue weighted by Gasteiger charge is -2.14. The maximum Gasteiger partial charge on any atom is 0.322 e. The van der Waals surface area contributed by atoms with Crippen LogP contribution < -0.4 is 5.32 Å². The maximum absolute atomic E-state index is 11.0. The maximum atomic E-state index is 11.0. The summed E-state index contributed by atoms with van der Waals surface area (Å²) in [6.45, 7) is 5.18. The van der Waals surface area contributed by atoms with Crippen molar-refractivity contribution >= 4 is 5.97 Å². The van der Waals surface area contributed by atoms with Gasteiger partial charge in [-0.2, -0.15) is 0 Å². The Balaban J connectivity index is 2.48. The summed E-state index contributed by atoms with van der Waals surface area (Å²) in [6, 6.07) is -0.0880. The van der Waals surface area contributed by atoms with Crippen LogP contribution >= 0.6 is 0 Å². The molecule has 0 aliphatic carbocycles. The third-order valence-electron chi connectivity index (χ3n) is 2.07. The molecule has 0 unspecified atom stereocenters. The number of esters is 1. The predicted octanol–water partition coefficient (Wildman–Crippen LogP) is 0.547. The lowest BCUT2D eigenvalue weighted by Crippen LogP contribution is -2.31. The molecule has 0 aromatic carbocycles. The first kappa shape index (κ1) is 8.53. The fourth-order valence-corrected chi connectivity index (χ4v) is 1.41. The molecule has 0 saturated carbocycles. The summed E-state index contributed by atoms with van der Waals surface area (Å²) in [5.41, 5.74) is 0.235. The normalized spacial score (nSPS) is 28.5. The second-order valence-corrected chi connectivity index (χ2v) is 3.82. The van der Waals surface area contributed by atoms with E-state index in [4.69, 9.17) is 0 Å². The molecule has 0 bridgehead atoms. The molecule has 1 atom stereocenters. The van der Waals surface area contributed by atoms with E-state index in [1.807, 2.05) is 0 Å². The minimum Gasteiger partial charge on any atom is -0.468 e. The summed E-state index contributed by atoms with van der Waals surface area (Å²) in [5, 5.41) is 3.12. The Morgan fingerprint density at radius 1 is 1.64 bits per heavy atom. The number of hydrogen-bond acceptors (Lipinski definition) is 3. The molecule has 1 N–H and O–H groups in total. The van der Waals surface area contributed by atoms with E-state index >= 15 is 0 Å². The van der Waals surface area contributed by atoms with Crippen molar-refractivity contribution in [2.24, 2.45) is 5.41 Å². The number of rotatable bonds is 1. The van der Waals surface area contributed by atoms with Gasteiger partial charge in [-0.25, -0.2) is 0 Å². The molecule has 1 saturated heterocycles. The third kappa shape index (κ3) is 1.93. The zero-order chi connectivity index (χ0) is 8.48. The van der Waals surface area contributed by atoms with Crippen molar-refractivity contribution in [2.75, 3.05) is 13.7 Å². The summed E-state index contributed by atoms with van der Waals surface area (Å²) in [5.74, 6) is -0.143. The minimum atomic E-state index is -0.143. The zero-order valence-electron chi connectivity index (χ0n) is 7.31. The number of nitrogens with one attached hydrogen (secondary N) is 1. The monoisotopic (exact) mass is 157 g/mol. The highest BCUT2D eigenvalue weighted by Gasteiger charge is 2.34. The van der Waals surface area contributed by atoms with Crippen LogP contribution in [0.15, 0.2) is 0 Å². The van der Waals surface area contributed by atoms with Gasteiger partial charge in [0.25, 0.3) is 0 Å². The number of hydrogen-bond donors (Lipinski definition) is 1. The van der Waals surface area contributed by atoms with Crippen molar-refractivity contribution in [3.05, 3.63) is 0 Å². The molecule has 0 spiro atoms. The molecule has 1 heterocycles. The van der Waals surface area contributed by atoms with E-state index in [2.05, 4.69) is 23.9 Å². The van der Waals surface area contributed by atoms with Crippen LogP contribution in [0.1, 0.15) is 20.3 Å². The molecule has 1 fully saturated rings. The number of ether oxygens (including phenoxy) is 1. The van der Waals surface area contributed by atoms with E-state index in [1.165, 1.54) is 7.11 Å². The van der Waals surface area contributed by atoms with Crippen molar-refractivity contribution in [1.82, 2.24) is 5.32 Å². The fraction of sp³-hybridized carbons (Fsp3) is 0.875. The fourth-order valence-electron chi connectivity index (χ4n) is 1.41. The van der Waals surface area contributed by atoms with Crippen LogP contribution in [0.3, 0.4) is 0 Å². The molecule has 0 aromatic rings. The lowest BCUT2D eigenvalue weighted by atomic mass is 9.91. The highest BCUT2D eigenvalue weighted by molar-refractivity contribution is 5.76. The van der Waals surface area contributed by atoms with Crippen LogP contribution in [0.5, 0.6) is 0 Å². The van der Waals surface area contributed by atoms with Crippen LogP contribution in [0.25, 0.3) is 0 Å². The molecule has 1 aliphatic rings. The van der Waals surface area contributed by atoms with Gasteiger partial charge in [0, 0.05) is 6.54 Å². The highest BCUT2D eigenvalue weighted by atomic mass is 16.5. The van der Waals surface area contributed by atoms with E-state index in [0.717, 1.165) is 13.0 Å². The summed E-state index contributed by atoms with van der Waals surface area (Å²) >= 11 is 0. The Labute approximate surface area is 67.1 Å². The highest BCUT2D eigenvalue weighted by Crippen LogP contribution is 2.27. The van der Waals surface area contributed by atoms with Crippen LogP contribution in [0.2, 0.25) is 0 Å². The molecule has 1 rings (SSSR count). The van der Waals surface area contributed by atoms with E-state index in [9.17, 15) is 4.79 Å². The summed E-state index contributed by atoms with van der Waals surface area (Å²) in [6.07, 6.45) is 0.875. The third-order valence-corrected chi connectivity index (χ3v) is 2.07. The predicted molar refractivity (Wildman–Crippen MR) is 42.2 cm³/mol. The largest absolute Gasteiger partial charge is 0.468 e. The van der Waals surface area contributed by atoms with Crippen LogP contribution in [-0.2, 0) is 9.53 Å². The van der Waals surface area contributed by atoms with E-state index in [-0.39, 0.29) is 17.4 Å². The Morgan fingerprint density at radius 2 is 2.27 bits per heavy atom. The van der Waals surface area contributed by atoms with E-state index < -0.39 is 0 Å². The van der Waals surface area contributed by atoms with Crippen molar-refractivity contribution in [1.29, 1.82) is 0 Å². The summed E-state index contributed by atoms with van der Waals surface area (Å²) in [7, 11) is 1.43. The molecule has 1 aliphatic heterocycles. The average Bonchev–Trinajstić information content (AvgIpc) is 2.29. The summed E-state index contributed by atoms with van der Waals surface area (Å²) in [4.78, 5) is 11.0. The second-order valence-electron chi connectivity index (χ2n) is 3.82. The quantitative estimate of drug-likeness (QED) is 0.565. The number of carbonyl (C=O) groups excluding carboxylic acids is 1. The molecule has 0 radical (unpaired) electrons. The SMILES string of the molecule is COC(=O)[C@H]1CC(C)(C)CN1. The van der Waals surface area contributed by atoms with Crippen molar-refractivity contribution in [2.45, 2.75) is 26.3 Å². The van der Waals surface area contributed by atoms with Crippen LogP contribution in [-0.4, -0.2) is 25.7 Å². The molecular weight excluding hydrogens is 142 g/mol. The molecule has 3 heteroatoms. The molecule has 3 nitrogen and oxygen atoms in total. The first-order chi connectivity index (χ1) is 5.05. The van der Waals surface area contributed by atoms with Crippen molar-refractivity contribution < 1.29 is 9.53 Å². The van der Waals surface area contributed by atoms with Crippen LogP contribution in [0.4, 0.5) is 0 Å². The van der Waals surface area contributed by atoms with Gasteiger partial charge in [0.2, 0.25) is 0 Å². The standard InChI is InChI=1S/C8H15NO2/c1-8(2)4-6(9-5-8)7(10)11-3/h6,9H,4-5H2,1-3H3/t6-/m1/s1. The van der Waals surface area contributed by atoms with Gasteiger partial charge in [0.15, 0.2) is 0 Å². The van der Waals surface area contributed by atoms with Gasteiger partial charge < -0.3 is 10.1 Å². The molecule has 0 aromatic heterocycles. The molecular formula is C8H15NO2. The number of methoxy groups -OCH3 is 1. The van der Waals surface area contributed by atoms with E-state index in [1.54, 1.807) is 0 Å². The van der Waals surface area contributed by atoms with Crippen molar-refractivity contribution in [3.63, 3.8) is 0 Å². The average molecular weight is 157 g/mol. The Bertz CT molecular complexity index is 165. The first-order valence-corrected chi connectivity index (χ1v) is 3.86. The summed E-state index contributed by atoms with van der Waals surface area (Å²) < 4.78 is 4.63. The Morgan fingerprint density at radius 3 is 2.64 bits per heavy atom. The topological polar surface area (TPSA) is 38.3 Å². The van der Waals surface area contributed by atoms with Gasteiger partial charge in [-0.05, 0) is 11.8 Å². The minimum absolute atomic E-state index is 0.0880. The Hall–Kier alpha value is -0.570. The first-order valence-electron chi connectivity index (χ1n) is 3.86. The van der Waals surface area contributed by atoms with Crippen LogP contribution in [0, 0.1) is 5.41 Å². The zero-order valence-corrected chi connectivity index (χ0v) is 7.31. The van der Waals surface area contributed by atoms with Gasteiger partial charge >= 0.3 is 5.97 Å². The van der Waals surface area contributed by atoms with Gasteiger partial charge in [0.05, 0.1) is 7.11 Å². The molecule has 11 heavy (non-hydrogen) atoms. The molecule has 0 amide bonds. The van der Waals surface area contributed by atoms with Gasteiger partial charge in [-0.3, -0.25) is 4.79 Å². The lowest BCUT2D eigenvalue weighted by molar-refractivity contribution is -0.142. The Kier molecular flexibility index (Phi) is 2.18. The van der Waals surface area contributed by atoms with E-state index in [0.29, 0.717) is 0 Å².